The number of rotatable bonds is 41. The van der Waals surface area contributed by atoms with Crippen LogP contribution in [0, 0.1) is 11.8 Å². The second kappa shape index (κ2) is 39.3. The van der Waals surface area contributed by atoms with E-state index in [1.54, 1.807) is 0 Å². The Morgan fingerprint density at radius 1 is 0.440 bits per heavy atom. The van der Waals surface area contributed by atoms with Gasteiger partial charge in [-0.2, -0.15) is 0 Å². The Balaban J connectivity index is 3.96. The van der Waals surface area contributed by atoms with Gasteiger partial charge in [-0.3, -0.25) is 9.59 Å². The number of esters is 1. The molecular formula is C46H91NO3. The maximum absolute atomic E-state index is 12.8. The van der Waals surface area contributed by atoms with Crippen LogP contribution in [0.4, 0.5) is 0 Å². The van der Waals surface area contributed by atoms with Crippen LogP contribution in [0.1, 0.15) is 246 Å². The van der Waals surface area contributed by atoms with Crippen LogP contribution in [0.3, 0.4) is 0 Å². The van der Waals surface area contributed by atoms with Gasteiger partial charge < -0.3 is 9.64 Å². The normalized spacial score (nSPS) is 12.8. The van der Waals surface area contributed by atoms with Gasteiger partial charge in [0.25, 0.3) is 0 Å². The topological polar surface area (TPSA) is 46.6 Å². The Labute approximate surface area is 314 Å². The first kappa shape index (κ1) is 49.1. The highest BCUT2D eigenvalue weighted by Gasteiger charge is 2.13. The fourth-order valence-electron chi connectivity index (χ4n) is 7.43. The van der Waals surface area contributed by atoms with Crippen LogP contribution in [0.5, 0.6) is 0 Å². The van der Waals surface area contributed by atoms with Crippen molar-refractivity contribution in [2.24, 2.45) is 11.8 Å². The van der Waals surface area contributed by atoms with E-state index in [9.17, 15) is 9.59 Å². The summed E-state index contributed by atoms with van der Waals surface area (Å²) in [5.41, 5.74) is 0. The van der Waals surface area contributed by atoms with Crippen LogP contribution in [0.2, 0.25) is 0 Å². The predicted octanol–water partition coefficient (Wildman–Crippen LogP) is 14.6. The highest BCUT2D eigenvalue weighted by molar-refractivity contribution is 5.78. The second-order valence-electron chi connectivity index (χ2n) is 16.2. The molecule has 0 heterocycles. The molecule has 0 aromatic carbocycles. The molecule has 2 atom stereocenters. The maximum atomic E-state index is 12.8. The molecule has 0 aromatic rings. The first-order chi connectivity index (χ1) is 24.5. The number of hydrogen-bond acceptors (Lipinski definition) is 4. The van der Waals surface area contributed by atoms with Gasteiger partial charge in [0, 0.05) is 19.3 Å². The smallest absolute Gasteiger partial charge is 0.305 e. The molecular weight excluding hydrogens is 615 g/mol. The fourth-order valence-corrected chi connectivity index (χ4v) is 7.43. The molecule has 4 nitrogen and oxygen atoms in total. The highest BCUT2D eigenvalue weighted by Crippen LogP contribution is 2.24. The average Bonchev–Trinajstić information content (AvgIpc) is 3.11. The molecule has 50 heavy (non-hydrogen) atoms. The van der Waals surface area contributed by atoms with Crippen molar-refractivity contribution in [3.63, 3.8) is 0 Å². The molecule has 0 fully saturated rings. The number of Topliss-reactive ketones (excluding diaryl/α,β-unsaturated/α-hetero) is 1. The third-order valence-corrected chi connectivity index (χ3v) is 11.2. The van der Waals surface area contributed by atoms with Crippen LogP contribution in [0.15, 0.2) is 0 Å². The van der Waals surface area contributed by atoms with Crippen LogP contribution in [0.25, 0.3) is 0 Å². The lowest BCUT2D eigenvalue weighted by Gasteiger charge is -2.17. The predicted molar refractivity (Wildman–Crippen MR) is 220 cm³/mol. The molecule has 298 valence electrons. The first-order valence-electron chi connectivity index (χ1n) is 22.8. The Kier molecular flexibility index (Phi) is 38.6. The van der Waals surface area contributed by atoms with E-state index < -0.39 is 0 Å². The van der Waals surface area contributed by atoms with Crippen molar-refractivity contribution in [1.82, 2.24) is 4.90 Å². The zero-order valence-electron chi connectivity index (χ0n) is 35.0. The molecule has 2 unspecified atom stereocenters. The Bertz CT molecular complexity index is 710. The summed E-state index contributed by atoms with van der Waals surface area (Å²) < 4.78 is 5.63. The molecule has 0 aliphatic rings. The number of ether oxygens (including phenoxy) is 1. The molecule has 0 bridgehead atoms. The van der Waals surface area contributed by atoms with Gasteiger partial charge in [0.1, 0.15) is 5.78 Å². The van der Waals surface area contributed by atoms with Crippen molar-refractivity contribution < 1.29 is 14.3 Å². The van der Waals surface area contributed by atoms with Gasteiger partial charge in [-0.1, -0.05) is 188 Å². The number of hydrogen-bond donors (Lipinski definition) is 0. The van der Waals surface area contributed by atoms with Gasteiger partial charge in [-0.25, -0.2) is 0 Å². The lowest BCUT2D eigenvalue weighted by molar-refractivity contribution is -0.145. The van der Waals surface area contributed by atoms with E-state index in [-0.39, 0.29) is 5.97 Å². The number of nitrogens with zero attached hydrogens (tertiary/aromatic N) is 1. The zero-order chi connectivity index (χ0) is 36.8. The van der Waals surface area contributed by atoms with Gasteiger partial charge in [0.05, 0.1) is 6.61 Å². The molecule has 0 amide bonds. The van der Waals surface area contributed by atoms with E-state index in [4.69, 9.17) is 4.74 Å². The number of ketones is 1. The van der Waals surface area contributed by atoms with Crippen molar-refractivity contribution in [2.75, 3.05) is 26.7 Å². The van der Waals surface area contributed by atoms with Crippen molar-refractivity contribution in [1.29, 1.82) is 0 Å². The summed E-state index contributed by atoms with van der Waals surface area (Å²) in [6, 6.07) is 0. The van der Waals surface area contributed by atoms with Gasteiger partial charge in [0.2, 0.25) is 0 Å². The van der Waals surface area contributed by atoms with Crippen molar-refractivity contribution in [3.05, 3.63) is 0 Å². The highest BCUT2D eigenvalue weighted by atomic mass is 16.5. The summed E-state index contributed by atoms with van der Waals surface area (Å²) in [7, 11) is 2.21. The van der Waals surface area contributed by atoms with Crippen molar-refractivity contribution in [3.8, 4) is 0 Å². The van der Waals surface area contributed by atoms with E-state index in [2.05, 4.69) is 39.6 Å². The molecule has 0 aromatic heterocycles. The molecule has 0 saturated carbocycles. The fraction of sp³-hybridized carbons (Fsp3) is 0.957. The molecule has 0 N–H and O–H groups in total. The summed E-state index contributed by atoms with van der Waals surface area (Å²) in [4.78, 5) is 27.5. The summed E-state index contributed by atoms with van der Waals surface area (Å²) in [5.74, 6) is 1.78. The molecule has 0 rings (SSSR count). The molecule has 0 aliphatic heterocycles. The summed E-state index contributed by atoms with van der Waals surface area (Å²) in [5, 5.41) is 0. The standard InChI is InChI=1S/C46H91NO3/c1-6-10-13-16-19-20-23-28-35-44(34-27-22-18-15-12-8-3)38-39-45(48)36-29-24-31-40-47(5)41-32-25-30-37-46(49)50-42-43(9-4)33-26-21-17-14-11-7-2/h43-44H,6-42H2,1-5H3. The third-order valence-electron chi connectivity index (χ3n) is 11.2. The maximum Gasteiger partial charge on any atom is 0.305 e. The van der Waals surface area contributed by atoms with E-state index in [1.807, 2.05) is 0 Å². The number of carbonyl (C=O) groups is 2. The van der Waals surface area contributed by atoms with E-state index in [1.165, 1.54) is 154 Å². The minimum atomic E-state index is -0.00822. The van der Waals surface area contributed by atoms with Crippen LogP contribution < -0.4 is 0 Å². The number of unbranched alkanes of at least 4 members (excludes halogenated alkanes) is 21. The molecule has 0 saturated heterocycles. The Morgan fingerprint density at radius 2 is 0.840 bits per heavy atom. The molecule has 4 heteroatoms. The average molecular weight is 706 g/mol. The van der Waals surface area contributed by atoms with Gasteiger partial charge in [-0.05, 0) is 70.5 Å². The third kappa shape index (κ3) is 35.5. The van der Waals surface area contributed by atoms with E-state index in [0.29, 0.717) is 24.7 Å². The van der Waals surface area contributed by atoms with E-state index >= 15 is 0 Å². The summed E-state index contributed by atoms with van der Waals surface area (Å²) in [6.07, 6.45) is 42.1. The summed E-state index contributed by atoms with van der Waals surface area (Å²) in [6.45, 7) is 11.9. The molecule has 0 aliphatic carbocycles. The Morgan fingerprint density at radius 3 is 1.30 bits per heavy atom. The number of carbonyl (C=O) groups excluding carboxylic acids is 2. The van der Waals surface area contributed by atoms with Crippen LogP contribution in [-0.2, 0) is 14.3 Å². The minimum Gasteiger partial charge on any atom is -0.465 e. The van der Waals surface area contributed by atoms with Gasteiger partial charge >= 0.3 is 5.97 Å². The SMILES string of the molecule is CCCCCCCCCCC(CCCCCCCC)CCC(=O)CCCCCN(C)CCCCCC(=O)OCC(CC)CCCCCCCC. The van der Waals surface area contributed by atoms with Crippen LogP contribution in [-0.4, -0.2) is 43.4 Å². The second-order valence-corrected chi connectivity index (χ2v) is 16.2. The largest absolute Gasteiger partial charge is 0.465 e. The first-order valence-corrected chi connectivity index (χ1v) is 22.8. The zero-order valence-corrected chi connectivity index (χ0v) is 35.0. The molecule has 0 radical (unpaired) electrons. The van der Waals surface area contributed by atoms with Crippen molar-refractivity contribution in [2.45, 2.75) is 246 Å². The van der Waals surface area contributed by atoms with Gasteiger partial charge in [-0.15, -0.1) is 0 Å². The quantitative estimate of drug-likeness (QED) is 0.0469. The van der Waals surface area contributed by atoms with Crippen molar-refractivity contribution >= 4 is 11.8 Å². The minimum absolute atomic E-state index is 0.00822. The van der Waals surface area contributed by atoms with E-state index in [0.717, 1.165) is 76.8 Å². The Hall–Kier alpha value is -0.900. The monoisotopic (exact) mass is 706 g/mol. The lowest BCUT2D eigenvalue weighted by atomic mass is 9.89. The summed E-state index contributed by atoms with van der Waals surface area (Å²) >= 11 is 0. The van der Waals surface area contributed by atoms with Crippen LogP contribution >= 0.6 is 0 Å². The lowest BCUT2D eigenvalue weighted by Crippen LogP contribution is -2.21. The molecule has 0 spiro atoms. The van der Waals surface area contributed by atoms with Gasteiger partial charge in [0.15, 0.2) is 0 Å².